The minimum Gasteiger partial charge on any atom is -0.497 e. The van der Waals surface area contributed by atoms with Gasteiger partial charge in [-0.15, -0.1) is 0 Å². The molecule has 0 saturated carbocycles. The van der Waals surface area contributed by atoms with Crippen LogP contribution in [0.5, 0.6) is 11.5 Å². The standard InChI is InChI=1S/C21H24ClNO4/c1-26-17-7-3-5-14(11-17)20(18-12-16(22)8-9-19(18)27-2)23-10-4-6-15(13-23)21(24)25/h3,5,7-9,11-12,15,20H,4,6,10,13H2,1-2H3,(H,24,25). The Morgan fingerprint density at radius 3 is 2.74 bits per heavy atom. The molecule has 0 radical (unpaired) electrons. The number of hydrogen-bond acceptors (Lipinski definition) is 4. The number of carboxylic acid groups (broad SMARTS) is 1. The topological polar surface area (TPSA) is 59.0 Å². The van der Waals surface area contributed by atoms with Gasteiger partial charge in [-0.05, 0) is 55.3 Å². The van der Waals surface area contributed by atoms with E-state index in [9.17, 15) is 9.90 Å². The zero-order valence-electron chi connectivity index (χ0n) is 15.5. The van der Waals surface area contributed by atoms with Crippen molar-refractivity contribution in [1.82, 2.24) is 4.90 Å². The maximum absolute atomic E-state index is 11.6. The van der Waals surface area contributed by atoms with Crippen molar-refractivity contribution in [2.45, 2.75) is 18.9 Å². The fourth-order valence-corrected chi connectivity index (χ4v) is 3.94. The fraction of sp³-hybridized carbons (Fsp3) is 0.381. The summed E-state index contributed by atoms with van der Waals surface area (Å²) in [6.45, 7) is 1.29. The zero-order valence-corrected chi connectivity index (χ0v) is 16.3. The fourth-order valence-electron chi connectivity index (χ4n) is 3.76. The summed E-state index contributed by atoms with van der Waals surface area (Å²) in [5.74, 6) is 0.356. The lowest BCUT2D eigenvalue weighted by molar-refractivity contribution is -0.143. The van der Waals surface area contributed by atoms with E-state index in [0.29, 0.717) is 18.0 Å². The number of hydrogen-bond donors (Lipinski definition) is 1. The van der Waals surface area contributed by atoms with Crippen LogP contribution in [-0.4, -0.2) is 43.3 Å². The van der Waals surface area contributed by atoms with Crippen LogP contribution in [0.4, 0.5) is 0 Å². The molecule has 1 fully saturated rings. The van der Waals surface area contributed by atoms with Crippen LogP contribution in [-0.2, 0) is 4.79 Å². The molecule has 1 N–H and O–H groups in total. The SMILES string of the molecule is COc1cccc(C(c2cc(Cl)ccc2OC)N2CCCC(C(=O)O)C2)c1. The molecule has 1 aliphatic rings. The maximum atomic E-state index is 11.6. The number of ether oxygens (including phenoxy) is 2. The van der Waals surface area contributed by atoms with Crippen LogP contribution in [0.2, 0.25) is 5.02 Å². The Morgan fingerprint density at radius 1 is 1.22 bits per heavy atom. The van der Waals surface area contributed by atoms with E-state index in [1.54, 1.807) is 20.3 Å². The third-order valence-corrected chi connectivity index (χ3v) is 5.30. The molecule has 1 saturated heterocycles. The summed E-state index contributed by atoms with van der Waals surface area (Å²) >= 11 is 6.29. The van der Waals surface area contributed by atoms with E-state index < -0.39 is 5.97 Å². The van der Waals surface area contributed by atoms with Crippen molar-refractivity contribution >= 4 is 17.6 Å². The molecule has 6 heteroatoms. The quantitative estimate of drug-likeness (QED) is 0.800. The van der Waals surface area contributed by atoms with Crippen molar-refractivity contribution in [3.8, 4) is 11.5 Å². The molecule has 0 aromatic heterocycles. The third kappa shape index (κ3) is 4.37. The average Bonchev–Trinajstić information content (AvgIpc) is 2.69. The molecule has 1 heterocycles. The Hall–Kier alpha value is -2.24. The Bertz CT molecular complexity index is 811. The van der Waals surface area contributed by atoms with Crippen LogP contribution in [0.3, 0.4) is 0 Å². The summed E-state index contributed by atoms with van der Waals surface area (Å²) in [6, 6.07) is 13.2. The summed E-state index contributed by atoms with van der Waals surface area (Å²) < 4.78 is 11.0. The number of halogens is 1. The molecule has 3 rings (SSSR count). The Morgan fingerprint density at radius 2 is 2.04 bits per heavy atom. The highest BCUT2D eigenvalue weighted by atomic mass is 35.5. The van der Waals surface area contributed by atoms with E-state index in [1.807, 2.05) is 36.4 Å². The monoisotopic (exact) mass is 389 g/mol. The first-order valence-electron chi connectivity index (χ1n) is 8.97. The molecule has 0 spiro atoms. The average molecular weight is 390 g/mol. The van der Waals surface area contributed by atoms with Gasteiger partial charge in [0.1, 0.15) is 11.5 Å². The minimum atomic E-state index is -0.748. The van der Waals surface area contributed by atoms with E-state index in [4.69, 9.17) is 21.1 Å². The van der Waals surface area contributed by atoms with Gasteiger partial charge in [0, 0.05) is 17.1 Å². The minimum absolute atomic E-state index is 0.170. The molecule has 27 heavy (non-hydrogen) atoms. The normalized spacial score (nSPS) is 18.7. The highest BCUT2D eigenvalue weighted by Gasteiger charge is 2.32. The molecule has 2 unspecified atom stereocenters. The van der Waals surface area contributed by atoms with Crippen LogP contribution in [0.15, 0.2) is 42.5 Å². The molecule has 5 nitrogen and oxygen atoms in total. The van der Waals surface area contributed by atoms with E-state index in [2.05, 4.69) is 4.90 Å². The molecule has 0 amide bonds. The summed E-state index contributed by atoms with van der Waals surface area (Å²) in [5, 5.41) is 10.1. The second-order valence-electron chi connectivity index (χ2n) is 6.74. The van der Waals surface area contributed by atoms with Gasteiger partial charge in [0.15, 0.2) is 0 Å². The van der Waals surface area contributed by atoms with Gasteiger partial charge in [0.25, 0.3) is 0 Å². The lowest BCUT2D eigenvalue weighted by Crippen LogP contribution is -2.41. The van der Waals surface area contributed by atoms with Crippen molar-refractivity contribution in [1.29, 1.82) is 0 Å². The molecule has 2 atom stereocenters. The van der Waals surface area contributed by atoms with Gasteiger partial charge >= 0.3 is 5.97 Å². The second kappa shape index (κ2) is 8.63. The number of likely N-dealkylation sites (tertiary alicyclic amines) is 1. The van der Waals surface area contributed by atoms with Crippen molar-refractivity contribution in [3.05, 3.63) is 58.6 Å². The van der Waals surface area contributed by atoms with E-state index in [1.165, 1.54) is 0 Å². The Kier molecular flexibility index (Phi) is 6.24. The van der Waals surface area contributed by atoms with Gasteiger partial charge < -0.3 is 14.6 Å². The number of carboxylic acids is 1. The zero-order chi connectivity index (χ0) is 19.4. The number of piperidine rings is 1. The summed E-state index contributed by atoms with van der Waals surface area (Å²) in [5.41, 5.74) is 1.94. The molecule has 2 aromatic rings. The molecule has 1 aliphatic heterocycles. The third-order valence-electron chi connectivity index (χ3n) is 5.06. The highest BCUT2D eigenvalue weighted by molar-refractivity contribution is 6.30. The van der Waals surface area contributed by atoms with Gasteiger partial charge in [0.2, 0.25) is 0 Å². The summed E-state index contributed by atoms with van der Waals surface area (Å²) in [7, 11) is 3.26. The number of carbonyl (C=O) groups is 1. The molecule has 2 aromatic carbocycles. The van der Waals surface area contributed by atoms with Crippen molar-refractivity contribution in [3.63, 3.8) is 0 Å². The van der Waals surface area contributed by atoms with E-state index in [-0.39, 0.29) is 12.0 Å². The molecular formula is C21H24ClNO4. The number of methoxy groups -OCH3 is 2. The molecule has 144 valence electrons. The van der Waals surface area contributed by atoms with Crippen LogP contribution in [0, 0.1) is 5.92 Å². The first-order chi connectivity index (χ1) is 13.0. The largest absolute Gasteiger partial charge is 0.497 e. The Balaban J connectivity index is 2.09. The highest BCUT2D eigenvalue weighted by Crippen LogP contribution is 2.39. The number of nitrogens with zero attached hydrogens (tertiary/aromatic N) is 1. The van der Waals surface area contributed by atoms with Crippen molar-refractivity contribution < 1.29 is 19.4 Å². The van der Waals surface area contributed by atoms with Gasteiger partial charge in [-0.25, -0.2) is 0 Å². The summed E-state index contributed by atoms with van der Waals surface area (Å²) in [4.78, 5) is 13.8. The second-order valence-corrected chi connectivity index (χ2v) is 7.17. The number of rotatable bonds is 6. The number of aliphatic carboxylic acids is 1. The first kappa shape index (κ1) is 19.5. The molecule has 0 aliphatic carbocycles. The predicted octanol–water partition coefficient (Wildman–Crippen LogP) is 4.24. The summed E-state index contributed by atoms with van der Waals surface area (Å²) in [6.07, 6.45) is 1.53. The van der Waals surface area contributed by atoms with Crippen LogP contribution in [0.1, 0.15) is 30.0 Å². The van der Waals surface area contributed by atoms with Gasteiger partial charge in [-0.2, -0.15) is 0 Å². The maximum Gasteiger partial charge on any atom is 0.307 e. The van der Waals surface area contributed by atoms with Crippen molar-refractivity contribution in [2.24, 2.45) is 5.92 Å². The van der Waals surface area contributed by atoms with Crippen LogP contribution in [0.25, 0.3) is 0 Å². The van der Waals surface area contributed by atoms with Crippen LogP contribution >= 0.6 is 11.6 Å². The molecule has 0 bridgehead atoms. The lowest BCUT2D eigenvalue weighted by atomic mass is 9.91. The van der Waals surface area contributed by atoms with E-state index in [0.717, 1.165) is 35.6 Å². The van der Waals surface area contributed by atoms with Gasteiger partial charge in [0.05, 0.1) is 26.2 Å². The molecular weight excluding hydrogens is 366 g/mol. The number of benzene rings is 2. The lowest BCUT2D eigenvalue weighted by Gasteiger charge is -2.38. The first-order valence-corrected chi connectivity index (χ1v) is 9.35. The smallest absolute Gasteiger partial charge is 0.307 e. The van der Waals surface area contributed by atoms with Crippen LogP contribution < -0.4 is 9.47 Å². The van der Waals surface area contributed by atoms with Gasteiger partial charge in [-0.1, -0.05) is 23.7 Å². The van der Waals surface area contributed by atoms with Crippen molar-refractivity contribution in [2.75, 3.05) is 27.3 Å². The predicted molar refractivity (Wildman–Crippen MR) is 105 cm³/mol. The Labute approximate surface area is 164 Å². The van der Waals surface area contributed by atoms with Gasteiger partial charge in [-0.3, -0.25) is 9.69 Å². The van der Waals surface area contributed by atoms with E-state index >= 15 is 0 Å².